The summed E-state index contributed by atoms with van der Waals surface area (Å²) in [5.41, 5.74) is 6.17. The van der Waals surface area contributed by atoms with Gasteiger partial charge in [0.2, 0.25) is 0 Å². The summed E-state index contributed by atoms with van der Waals surface area (Å²) in [6.07, 6.45) is 4.63. The zero-order valence-electron chi connectivity index (χ0n) is 8.71. The second-order valence-corrected chi connectivity index (χ2v) is 4.18. The fourth-order valence-electron chi connectivity index (χ4n) is 1.59. The van der Waals surface area contributed by atoms with E-state index in [9.17, 15) is 0 Å². The fourth-order valence-corrected chi connectivity index (χ4v) is 1.59. The molecule has 1 fully saturated rings. The molecule has 0 bridgehead atoms. The molecule has 1 aliphatic carbocycles. The van der Waals surface area contributed by atoms with Crippen LogP contribution in [0.5, 0.6) is 0 Å². The van der Waals surface area contributed by atoms with Crippen LogP contribution in [0.15, 0.2) is 0 Å². The molecule has 0 unspecified atom stereocenters. The van der Waals surface area contributed by atoms with Crippen LogP contribution in [-0.2, 0) is 9.47 Å². The molecular formula is C10H21NO2. The summed E-state index contributed by atoms with van der Waals surface area (Å²) in [5, 5.41) is 0. The Morgan fingerprint density at radius 1 is 1.23 bits per heavy atom. The predicted molar refractivity (Wildman–Crippen MR) is 52.6 cm³/mol. The molecule has 3 heteroatoms. The maximum atomic E-state index is 6.01. The SMILES string of the molecule is COCC(CCC1(N)CC1)COC. The molecule has 0 amide bonds. The predicted octanol–water partition coefficient (Wildman–Crippen LogP) is 1.17. The van der Waals surface area contributed by atoms with E-state index in [-0.39, 0.29) is 5.54 Å². The Balaban J connectivity index is 2.13. The quantitative estimate of drug-likeness (QED) is 0.650. The minimum atomic E-state index is 0.166. The topological polar surface area (TPSA) is 44.5 Å². The van der Waals surface area contributed by atoms with Gasteiger partial charge in [-0.05, 0) is 25.7 Å². The van der Waals surface area contributed by atoms with Gasteiger partial charge in [-0.2, -0.15) is 0 Å². The molecule has 0 aromatic heterocycles. The Bertz CT molecular complexity index is 140. The highest BCUT2D eigenvalue weighted by Crippen LogP contribution is 2.37. The molecule has 1 rings (SSSR count). The molecule has 78 valence electrons. The summed E-state index contributed by atoms with van der Waals surface area (Å²) >= 11 is 0. The Morgan fingerprint density at radius 2 is 1.77 bits per heavy atom. The van der Waals surface area contributed by atoms with Gasteiger partial charge in [0.1, 0.15) is 0 Å². The highest BCUT2D eigenvalue weighted by Gasteiger charge is 2.37. The number of hydrogen-bond acceptors (Lipinski definition) is 3. The average molecular weight is 187 g/mol. The molecule has 2 N–H and O–H groups in total. The van der Waals surface area contributed by atoms with Gasteiger partial charge in [0.05, 0.1) is 13.2 Å². The molecule has 0 saturated heterocycles. The highest BCUT2D eigenvalue weighted by molar-refractivity contribution is 4.98. The summed E-state index contributed by atoms with van der Waals surface area (Å²) in [7, 11) is 3.47. The maximum absolute atomic E-state index is 6.01. The highest BCUT2D eigenvalue weighted by atomic mass is 16.5. The monoisotopic (exact) mass is 187 g/mol. The zero-order valence-corrected chi connectivity index (χ0v) is 8.71. The first-order valence-corrected chi connectivity index (χ1v) is 4.97. The molecule has 1 aliphatic rings. The van der Waals surface area contributed by atoms with Crippen molar-refractivity contribution >= 4 is 0 Å². The first-order valence-electron chi connectivity index (χ1n) is 4.97. The molecule has 3 nitrogen and oxygen atoms in total. The van der Waals surface area contributed by atoms with Crippen molar-refractivity contribution in [2.75, 3.05) is 27.4 Å². The van der Waals surface area contributed by atoms with Gasteiger partial charge >= 0.3 is 0 Å². The lowest BCUT2D eigenvalue weighted by atomic mass is 10.0. The van der Waals surface area contributed by atoms with Crippen molar-refractivity contribution in [1.29, 1.82) is 0 Å². The van der Waals surface area contributed by atoms with Crippen molar-refractivity contribution in [1.82, 2.24) is 0 Å². The van der Waals surface area contributed by atoms with E-state index in [0.29, 0.717) is 5.92 Å². The van der Waals surface area contributed by atoms with Gasteiger partial charge in [0, 0.05) is 25.7 Å². The summed E-state index contributed by atoms with van der Waals surface area (Å²) in [5.74, 6) is 0.510. The number of nitrogens with two attached hydrogens (primary N) is 1. The van der Waals surface area contributed by atoms with Crippen molar-refractivity contribution in [3.63, 3.8) is 0 Å². The van der Waals surface area contributed by atoms with Crippen LogP contribution in [-0.4, -0.2) is 33.0 Å². The molecule has 0 atom stereocenters. The smallest absolute Gasteiger partial charge is 0.0512 e. The second-order valence-electron chi connectivity index (χ2n) is 4.18. The van der Waals surface area contributed by atoms with Gasteiger partial charge in [-0.15, -0.1) is 0 Å². The van der Waals surface area contributed by atoms with E-state index >= 15 is 0 Å². The number of rotatable bonds is 7. The molecule has 13 heavy (non-hydrogen) atoms. The molecule has 0 heterocycles. The molecular weight excluding hydrogens is 166 g/mol. The number of hydrogen-bond donors (Lipinski definition) is 1. The van der Waals surface area contributed by atoms with E-state index < -0.39 is 0 Å². The minimum Gasteiger partial charge on any atom is -0.384 e. The van der Waals surface area contributed by atoms with Gasteiger partial charge in [-0.25, -0.2) is 0 Å². The van der Waals surface area contributed by atoms with E-state index in [2.05, 4.69) is 0 Å². The lowest BCUT2D eigenvalue weighted by Crippen LogP contribution is -2.24. The second kappa shape index (κ2) is 4.94. The van der Waals surface area contributed by atoms with Gasteiger partial charge in [-0.1, -0.05) is 0 Å². The molecule has 0 aromatic carbocycles. The fraction of sp³-hybridized carbons (Fsp3) is 1.00. The molecule has 0 aliphatic heterocycles. The number of ether oxygens (including phenoxy) is 2. The lowest BCUT2D eigenvalue weighted by Gasteiger charge is -2.17. The minimum absolute atomic E-state index is 0.166. The largest absolute Gasteiger partial charge is 0.384 e. The maximum Gasteiger partial charge on any atom is 0.0512 e. The molecule has 0 radical (unpaired) electrons. The summed E-state index contributed by atoms with van der Waals surface area (Å²) < 4.78 is 10.2. The van der Waals surface area contributed by atoms with Crippen LogP contribution in [0, 0.1) is 5.92 Å². The van der Waals surface area contributed by atoms with E-state index in [1.165, 1.54) is 12.8 Å². The van der Waals surface area contributed by atoms with Gasteiger partial charge in [0.25, 0.3) is 0 Å². The molecule has 0 spiro atoms. The van der Waals surface area contributed by atoms with Crippen molar-refractivity contribution < 1.29 is 9.47 Å². The zero-order chi connectivity index (χ0) is 9.73. The van der Waals surface area contributed by atoms with Crippen molar-refractivity contribution in [2.24, 2.45) is 11.7 Å². The van der Waals surface area contributed by atoms with Crippen LogP contribution in [0.25, 0.3) is 0 Å². The molecule has 1 saturated carbocycles. The van der Waals surface area contributed by atoms with Crippen LogP contribution in [0.3, 0.4) is 0 Å². The van der Waals surface area contributed by atoms with E-state index in [1.54, 1.807) is 14.2 Å². The Hall–Kier alpha value is -0.120. The van der Waals surface area contributed by atoms with Crippen LogP contribution in [0.2, 0.25) is 0 Å². The van der Waals surface area contributed by atoms with Crippen molar-refractivity contribution in [2.45, 2.75) is 31.2 Å². The van der Waals surface area contributed by atoms with Gasteiger partial charge in [-0.3, -0.25) is 0 Å². The Kier molecular flexibility index (Phi) is 4.16. The first kappa shape index (κ1) is 11.0. The number of methoxy groups -OCH3 is 2. The Morgan fingerprint density at radius 3 is 2.15 bits per heavy atom. The molecule has 0 aromatic rings. The van der Waals surface area contributed by atoms with E-state index in [0.717, 1.165) is 26.1 Å². The third kappa shape index (κ3) is 4.07. The van der Waals surface area contributed by atoms with Crippen molar-refractivity contribution in [3.05, 3.63) is 0 Å². The lowest BCUT2D eigenvalue weighted by molar-refractivity contribution is 0.0782. The van der Waals surface area contributed by atoms with Crippen LogP contribution < -0.4 is 5.73 Å². The van der Waals surface area contributed by atoms with Gasteiger partial charge in [0.15, 0.2) is 0 Å². The van der Waals surface area contributed by atoms with Crippen LogP contribution >= 0.6 is 0 Å². The summed E-state index contributed by atoms with van der Waals surface area (Å²) in [6.45, 7) is 1.56. The van der Waals surface area contributed by atoms with E-state index in [4.69, 9.17) is 15.2 Å². The first-order chi connectivity index (χ1) is 6.20. The van der Waals surface area contributed by atoms with Crippen molar-refractivity contribution in [3.8, 4) is 0 Å². The third-order valence-electron chi connectivity index (χ3n) is 2.75. The summed E-state index contributed by atoms with van der Waals surface area (Å²) in [6, 6.07) is 0. The Labute approximate surface area is 80.6 Å². The summed E-state index contributed by atoms with van der Waals surface area (Å²) in [4.78, 5) is 0. The standard InChI is InChI=1S/C10H21NO2/c1-12-7-9(8-13-2)3-4-10(11)5-6-10/h9H,3-8,11H2,1-2H3. The third-order valence-corrected chi connectivity index (χ3v) is 2.75. The van der Waals surface area contributed by atoms with Crippen LogP contribution in [0.4, 0.5) is 0 Å². The van der Waals surface area contributed by atoms with E-state index in [1.807, 2.05) is 0 Å². The van der Waals surface area contributed by atoms with Gasteiger partial charge < -0.3 is 15.2 Å². The van der Waals surface area contributed by atoms with Crippen LogP contribution in [0.1, 0.15) is 25.7 Å². The average Bonchev–Trinajstić information content (AvgIpc) is 2.82. The normalized spacial score (nSPS) is 19.4.